The van der Waals surface area contributed by atoms with Crippen molar-refractivity contribution in [3.63, 3.8) is 0 Å². The Bertz CT molecular complexity index is 608. The van der Waals surface area contributed by atoms with Crippen molar-refractivity contribution in [1.29, 1.82) is 0 Å². The molecule has 2 aromatic rings. The summed E-state index contributed by atoms with van der Waals surface area (Å²) in [5.74, 6) is -2.15. The van der Waals surface area contributed by atoms with Crippen LogP contribution in [0.3, 0.4) is 0 Å². The zero-order valence-electron chi connectivity index (χ0n) is 10.6. The molecular formula is C15H12F4O. The summed E-state index contributed by atoms with van der Waals surface area (Å²) in [6.45, 7) is 1.41. The quantitative estimate of drug-likeness (QED) is 0.833. The monoisotopic (exact) mass is 284 g/mol. The molecule has 0 fully saturated rings. The van der Waals surface area contributed by atoms with Gasteiger partial charge in [-0.2, -0.15) is 0 Å². The van der Waals surface area contributed by atoms with Gasteiger partial charge in [-0.25, -0.2) is 17.6 Å². The van der Waals surface area contributed by atoms with Crippen LogP contribution in [0.15, 0.2) is 36.4 Å². The normalized spacial score (nSPS) is 12.8. The molecule has 2 rings (SSSR count). The molecule has 0 aliphatic rings. The Hall–Kier alpha value is -1.88. The highest BCUT2D eigenvalue weighted by Gasteiger charge is 2.19. The molecule has 20 heavy (non-hydrogen) atoms. The van der Waals surface area contributed by atoms with Crippen LogP contribution in [-0.4, -0.2) is 5.11 Å². The summed E-state index contributed by atoms with van der Waals surface area (Å²) in [4.78, 5) is 0. The van der Waals surface area contributed by atoms with Crippen LogP contribution in [0.25, 0.3) is 0 Å². The fraction of sp³-hybridized carbons (Fsp3) is 0.200. The molecule has 0 radical (unpaired) electrons. The average Bonchev–Trinajstić information content (AvgIpc) is 2.44. The number of hydrogen-bond donors (Lipinski definition) is 1. The Morgan fingerprint density at radius 3 is 1.95 bits per heavy atom. The molecular weight excluding hydrogens is 272 g/mol. The van der Waals surface area contributed by atoms with Crippen LogP contribution in [0.5, 0.6) is 0 Å². The van der Waals surface area contributed by atoms with E-state index in [-0.39, 0.29) is 22.3 Å². The lowest BCUT2D eigenvalue weighted by molar-refractivity contribution is 0.151. The summed E-state index contributed by atoms with van der Waals surface area (Å²) in [6.07, 6.45) is -4.02. The Morgan fingerprint density at radius 1 is 0.850 bits per heavy atom. The van der Waals surface area contributed by atoms with Crippen molar-refractivity contribution in [2.75, 3.05) is 0 Å². The number of halogens is 4. The largest absolute Gasteiger partial charge is 0.384 e. The molecule has 0 aromatic heterocycles. The molecule has 1 nitrogen and oxygen atoms in total. The summed E-state index contributed by atoms with van der Waals surface area (Å²) < 4.78 is 52.0. The lowest BCUT2D eigenvalue weighted by Gasteiger charge is -2.14. The molecule has 2 aromatic carbocycles. The zero-order chi connectivity index (χ0) is 14.9. The first kappa shape index (κ1) is 14.5. The van der Waals surface area contributed by atoms with E-state index in [2.05, 4.69) is 0 Å². The predicted octanol–water partition coefficient (Wildman–Crippen LogP) is 4.29. The van der Waals surface area contributed by atoms with Gasteiger partial charge in [0.25, 0.3) is 6.43 Å². The van der Waals surface area contributed by atoms with Crippen LogP contribution >= 0.6 is 0 Å². The number of hydrogen-bond acceptors (Lipinski definition) is 1. The molecule has 1 N–H and O–H groups in total. The van der Waals surface area contributed by atoms with Gasteiger partial charge in [0, 0.05) is 11.1 Å². The first-order chi connectivity index (χ1) is 9.41. The van der Waals surface area contributed by atoms with Crippen LogP contribution in [-0.2, 0) is 0 Å². The van der Waals surface area contributed by atoms with Crippen molar-refractivity contribution in [3.05, 3.63) is 70.3 Å². The van der Waals surface area contributed by atoms with Crippen molar-refractivity contribution in [1.82, 2.24) is 0 Å². The fourth-order valence-electron chi connectivity index (χ4n) is 1.88. The van der Waals surface area contributed by atoms with E-state index in [4.69, 9.17) is 0 Å². The molecule has 106 valence electrons. The second-order valence-corrected chi connectivity index (χ2v) is 4.47. The molecule has 0 saturated carbocycles. The standard InChI is InChI=1S/C15H12F4O/c1-8-2-7-11(13(17)12(8)16)14(20)9-3-5-10(6-4-9)15(18)19/h2-7,14-15,20H,1H3. The molecule has 1 atom stereocenters. The third-order valence-electron chi connectivity index (χ3n) is 3.10. The summed E-state index contributed by atoms with van der Waals surface area (Å²) in [7, 11) is 0. The van der Waals surface area contributed by atoms with Gasteiger partial charge in [0.15, 0.2) is 11.6 Å². The first-order valence-corrected chi connectivity index (χ1v) is 5.92. The van der Waals surface area contributed by atoms with Crippen molar-refractivity contribution in [2.45, 2.75) is 19.5 Å². The summed E-state index contributed by atoms with van der Waals surface area (Å²) in [5, 5.41) is 10.0. The van der Waals surface area contributed by atoms with Crippen molar-refractivity contribution >= 4 is 0 Å². The molecule has 0 spiro atoms. The SMILES string of the molecule is Cc1ccc(C(O)c2ccc(C(F)F)cc2)c(F)c1F. The van der Waals surface area contributed by atoms with E-state index in [1.165, 1.54) is 31.2 Å². The maximum Gasteiger partial charge on any atom is 0.263 e. The maximum absolute atomic E-state index is 13.8. The van der Waals surface area contributed by atoms with E-state index in [1.54, 1.807) is 0 Å². The molecule has 5 heteroatoms. The first-order valence-electron chi connectivity index (χ1n) is 5.92. The molecule has 0 heterocycles. The van der Waals surface area contributed by atoms with Gasteiger partial charge < -0.3 is 5.11 Å². The number of benzene rings is 2. The van der Waals surface area contributed by atoms with Crippen LogP contribution < -0.4 is 0 Å². The average molecular weight is 284 g/mol. The van der Waals surface area contributed by atoms with Gasteiger partial charge in [-0.05, 0) is 18.1 Å². The number of aliphatic hydroxyl groups excluding tert-OH is 1. The van der Waals surface area contributed by atoms with Crippen molar-refractivity contribution in [3.8, 4) is 0 Å². The summed E-state index contributed by atoms with van der Waals surface area (Å²) in [6, 6.07) is 7.45. The van der Waals surface area contributed by atoms with Gasteiger partial charge >= 0.3 is 0 Å². The van der Waals surface area contributed by atoms with Crippen LogP contribution in [0.4, 0.5) is 17.6 Å². The van der Waals surface area contributed by atoms with E-state index in [0.29, 0.717) is 0 Å². The third kappa shape index (κ3) is 2.67. The van der Waals surface area contributed by atoms with Crippen molar-refractivity contribution < 1.29 is 22.7 Å². The van der Waals surface area contributed by atoms with Gasteiger partial charge in [0.2, 0.25) is 0 Å². The van der Waals surface area contributed by atoms with Gasteiger partial charge in [0.1, 0.15) is 6.10 Å². The highest BCUT2D eigenvalue weighted by molar-refractivity contribution is 5.35. The van der Waals surface area contributed by atoms with Crippen LogP contribution in [0, 0.1) is 18.6 Å². The molecule has 0 aliphatic carbocycles. The lowest BCUT2D eigenvalue weighted by Crippen LogP contribution is -2.05. The smallest absolute Gasteiger partial charge is 0.263 e. The second-order valence-electron chi connectivity index (χ2n) is 4.47. The molecule has 0 saturated heterocycles. The lowest BCUT2D eigenvalue weighted by atomic mass is 9.98. The predicted molar refractivity (Wildman–Crippen MR) is 66.6 cm³/mol. The Balaban J connectivity index is 2.36. The fourth-order valence-corrected chi connectivity index (χ4v) is 1.88. The van der Waals surface area contributed by atoms with E-state index in [0.717, 1.165) is 12.1 Å². The van der Waals surface area contributed by atoms with E-state index < -0.39 is 24.2 Å². The summed E-state index contributed by atoms with van der Waals surface area (Å²) in [5.41, 5.74) is -0.0718. The van der Waals surface area contributed by atoms with Gasteiger partial charge in [-0.3, -0.25) is 0 Å². The van der Waals surface area contributed by atoms with E-state index >= 15 is 0 Å². The van der Waals surface area contributed by atoms with Gasteiger partial charge in [-0.15, -0.1) is 0 Å². The van der Waals surface area contributed by atoms with Crippen LogP contribution in [0.1, 0.15) is 34.8 Å². The molecule has 0 bridgehead atoms. The zero-order valence-corrected chi connectivity index (χ0v) is 10.6. The summed E-state index contributed by atoms with van der Waals surface area (Å²) >= 11 is 0. The third-order valence-corrected chi connectivity index (χ3v) is 3.10. The van der Waals surface area contributed by atoms with E-state index in [9.17, 15) is 22.7 Å². The second kappa shape index (κ2) is 5.63. The minimum absolute atomic E-state index is 0.131. The minimum atomic E-state index is -2.62. The van der Waals surface area contributed by atoms with Gasteiger partial charge in [0.05, 0.1) is 0 Å². The number of aryl methyl sites for hydroxylation is 1. The Morgan fingerprint density at radius 2 is 1.40 bits per heavy atom. The Kier molecular flexibility index (Phi) is 4.09. The van der Waals surface area contributed by atoms with Gasteiger partial charge in [-0.1, -0.05) is 36.4 Å². The highest BCUT2D eigenvalue weighted by atomic mass is 19.3. The van der Waals surface area contributed by atoms with E-state index in [1.807, 2.05) is 0 Å². The highest BCUT2D eigenvalue weighted by Crippen LogP contribution is 2.28. The maximum atomic E-state index is 13.8. The van der Waals surface area contributed by atoms with Crippen LogP contribution in [0.2, 0.25) is 0 Å². The van der Waals surface area contributed by atoms with Crippen molar-refractivity contribution in [2.24, 2.45) is 0 Å². The number of alkyl halides is 2. The molecule has 1 unspecified atom stereocenters. The molecule has 0 aliphatic heterocycles. The minimum Gasteiger partial charge on any atom is -0.384 e. The topological polar surface area (TPSA) is 20.2 Å². The number of aliphatic hydroxyl groups is 1. The number of rotatable bonds is 3. The molecule has 0 amide bonds. The Labute approximate surface area is 113 Å².